The van der Waals surface area contributed by atoms with E-state index in [4.69, 9.17) is 4.42 Å². The zero-order chi connectivity index (χ0) is 17.1. The van der Waals surface area contributed by atoms with Gasteiger partial charge in [-0.05, 0) is 24.6 Å². The van der Waals surface area contributed by atoms with Gasteiger partial charge >= 0.3 is 0 Å². The second-order valence-electron chi connectivity index (χ2n) is 6.02. The van der Waals surface area contributed by atoms with E-state index in [2.05, 4.69) is 44.3 Å². The molecule has 4 aromatic rings. The van der Waals surface area contributed by atoms with E-state index >= 15 is 0 Å². The molecule has 4 rings (SSSR count). The van der Waals surface area contributed by atoms with Gasteiger partial charge in [-0.1, -0.05) is 30.3 Å². The largest absolute Gasteiger partial charge is 0.468 e. The molecule has 3 heterocycles. The van der Waals surface area contributed by atoms with Gasteiger partial charge in [0.2, 0.25) is 0 Å². The SMILES string of the molecule is Cc1nnc2c(CN(Cc3ccccc3)Cc3ccco3)nccn12. The summed E-state index contributed by atoms with van der Waals surface area (Å²) in [7, 11) is 0. The van der Waals surface area contributed by atoms with Gasteiger partial charge in [0.15, 0.2) is 5.65 Å². The average Bonchev–Trinajstić information content (AvgIpc) is 3.27. The standard InChI is InChI=1S/C19H19N5O/c1-15-21-22-19-18(20-9-10-24(15)19)14-23(13-17-8-5-11-25-17)12-16-6-3-2-4-7-16/h2-11H,12-14H2,1H3. The molecule has 0 spiro atoms. The third-order valence-corrected chi connectivity index (χ3v) is 4.15. The monoisotopic (exact) mass is 333 g/mol. The molecule has 0 amide bonds. The molecule has 0 fully saturated rings. The van der Waals surface area contributed by atoms with Crippen molar-refractivity contribution in [3.05, 3.63) is 84.0 Å². The minimum atomic E-state index is 0.665. The molecule has 0 unspecified atom stereocenters. The van der Waals surface area contributed by atoms with Crippen molar-refractivity contribution in [2.45, 2.75) is 26.6 Å². The van der Waals surface area contributed by atoms with E-state index in [-0.39, 0.29) is 0 Å². The van der Waals surface area contributed by atoms with E-state index in [1.165, 1.54) is 5.56 Å². The van der Waals surface area contributed by atoms with Gasteiger partial charge in [-0.2, -0.15) is 0 Å². The third kappa shape index (κ3) is 3.44. The first-order chi connectivity index (χ1) is 12.3. The maximum Gasteiger partial charge on any atom is 0.183 e. The van der Waals surface area contributed by atoms with Crippen molar-refractivity contribution in [2.75, 3.05) is 0 Å². The summed E-state index contributed by atoms with van der Waals surface area (Å²) in [6.07, 6.45) is 5.39. The van der Waals surface area contributed by atoms with Crippen molar-refractivity contribution >= 4 is 5.65 Å². The van der Waals surface area contributed by atoms with Crippen molar-refractivity contribution in [1.29, 1.82) is 0 Å². The van der Waals surface area contributed by atoms with Gasteiger partial charge < -0.3 is 4.42 Å². The Morgan fingerprint density at radius 1 is 1.00 bits per heavy atom. The number of benzene rings is 1. The summed E-state index contributed by atoms with van der Waals surface area (Å²) in [4.78, 5) is 6.83. The summed E-state index contributed by atoms with van der Waals surface area (Å²) in [5.41, 5.74) is 2.96. The highest BCUT2D eigenvalue weighted by molar-refractivity contribution is 5.43. The fourth-order valence-electron chi connectivity index (χ4n) is 2.95. The van der Waals surface area contributed by atoms with Gasteiger partial charge in [0.05, 0.1) is 18.5 Å². The number of furan rings is 1. The molecular formula is C19H19N5O. The molecular weight excluding hydrogens is 314 g/mol. The number of nitrogens with zero attached hydrogens (tertiary/aromatic N) is 5. The highest BCUT2D eigenvalue weighted by Gasteiger charge is 2.14. The first-order valence-electron chi connectivity index (χ1n) is 8.23. The van der Waals surface area contributed by atoms with Crippen LogP contribution in [0, 0.1) is 6.92 Å². The van der Waals surface area contributed by atoms with Crippen LogP contribution in [-0.2, 0) is 19.6 Å². The van der Waals surface area contributed by atoms with Gasteiger partial charge in [0.25, 0.3) is 0 Å². The summed E-state index contributed by atoms with van der Waals surface area (Å²) in [6.45, 7) is 4.11. The van der Waals surface area contributed by atoms with Crippen molar-refractivity contribution in [2.24, 2.45) is 0 Å². The van der Waals surface area contributed by atoms with Crippen LogP contribution < -0.4 is 0 Å². The predicted octanol–water partition coefficient (Wildman–Crippen LogP) is 3.23. The average molecular weight is 333 g/mol. The van der Waals surface area contributed by atoms with Crippen LogP contribution in [0.4, 0.5) is 0 Å². The maximum absolute atomic E-state index is 5.54. The normalized spacial score (nSPS) is 11.4. The fraction of sp³-hybridized carbons (Fsp3) is 0.211. The van der Waals surface area contributed by atoms with Crippen LogP contribution in [0.5, 0.6) is 0 Å². The second-order valence-corrected chi connectivity index (χ2v) is 6.02. The minimum absolute atomic E-state index is 0.665. The Labute approximate surface area is 145 Å². The zero-order valence-corrected chi connectivity index (χ0v) is 14.0. The molecule has 1 aromatic carbocycles. The summed E-state index contributed by atoms with van der Waals surface area (Å²) in [5.74, 6) is 1.79. The van der Waals surface area contributed by atoms with Crippen molar-refractivity contribution in [1.82, 2.24) is 24.5 Å². The van der Waals surface area contributed by atoms with Gasteiger partial charge in [-0.3, -0.25) is 14.3 Å². The van der Waals surface area contributed by atoms with E-state index in [0.717, 1.165) is 29.5 Å². The Morgan fingerprint density at radius 2 is 1.88 bits per heavy atom. The number of hydrogen-bond acceptors (Lipinski definition) is 5. The molecule has 25 heavy (non-hydrogen) atoms. The Balaban J connectivity index is 1.62. The quantitative estimate of drug-likeness (QED) is 0.542. The second kappa shape index (κ2) is 6.86. The Hall–Kier alpha value is -2.99. The van der Waals surface area contributed by atoms with Crippen molar-refractivity contribution in [3.8, 4) is 0 Å². The first-order valence-corrected chi connectivity index (χ1v) is 8.23. The van der Waals surface area contributed by atoms with E-state index in [1.54, 1.807) is 12.5 Å². The van der Waals surface area contributed by atoms with Gasteiger partial charge in [0.1, 0.15) is 11.6 Å². The van der Waals surface area contributed by atoms with Gasteiger partial charge in [-0.25, -0.2) is 0 Å². The van der Waals surface area contributed by atoms with E-state index < -0.39 is 0 Å². The lowest BCUT2D eigenvalue weighted by atomic mass is 10.2. The molecule has 3 aromatic heterocycles. The van der Waals surface area contributed by atoms with Crippen LogP contribution in [0.25, 0.3) is 5.65 Å². The topological polar surface area (TPSA) is 59.5 Å². The fourth-order valence-corrected chi connectivity index (χ4v) is 2.95. The molecule has 0 radical (unpaired) electrons. The third-order valence-electron chi connectivity index (χ3n) is 4.15. The van der Waals surface area contributed by atoms with Gasteiger partial charge in [0, 0.05) is 25.5 Å². The Bertz CT molecular complexity index is 947. The lowest BCUT2D eigenvalue weighted by molar-refractivity contribution is 0.225. The van der Waals surface area contributed by atoms with Crippen LogP contribution >= 0.6 is 0 Å². The van der Waals surface area contributed by atoms with Crippen LogP contribution in [0.2, 0.25) is 0 Å². The molecule has 0 aliphatic carbocycles. The Kier molecular flexibility index (Phi) is 4.26. The molecule has 0 saturated heterocycles. The van der Waals surface area contributed by atoms with Crippen LogP contribution in [0.3, 0.4) is 0 Å². The zero-order valence-electron chi connectivity index (χ0n) is 14.0. The summed E-state index contributed by atoms with van der Waals surface area (Å²) < 4.78 is 7.50. The summed E-state index contributed by atoms with van der Waals surface area (Å²) in [6, 6.07) is 14.3. The maximum atomic E-state index is 5.54. The number of aryl methyl sites for hydroxylation is 1. The molecule has 0 N–H and O–H groups in total. The van der Waals surface area contributed by atoms with Crippen LogP contribution in [0.15, 0.2) is 65.5 Å². The lowest BCUT2D eigenvalue weighted by Crippen LogP contribution is -2.23. The molecule has 6 nitrogen and oxygen atoms in total. The highest BCUT2D eigenvalue weighted by Crippen LogP contribution is 2.16. The molecule has 6 heteroatoms. The molecule has 0 aliphatic heterocycles. The minimum Gasteiger partial charge on any atom is -0.468 e. The molecule has 0 bridgehead atoms. The highest BCUT2D eigenvalue weighted by atomic mass is 16.3. The number of rotatable bonds is 6. The molecule has 126 valence electrons. The smallest absolute Gasteiger partial charge is 0.183 e. The van der Waals surface area contributed by atoms with Crippen LogP contribution in [0.1, 0.15) is 22.8 Å². The number of aromatic nitrogens is 4. The van der Waals surface area contributed by atoms with E-state index in [1.807, 2.05) is 35.7 Å². The molecule has 0 aliphatic rings. The van der Waals surface area contributed by atoms with Crippen molar-refractivity contribution < 1.29 is 4.42 Å². The molecule has 0 saturated carbocycles. The summed E-state index contributed by atoms with van der Waals surface area (Å²) >= 11 is 0. The lowest BCUT2D eigenvalue weighted by Gasteiger charge is -2.21. The summed E-state index contributed by atoms with van der Waals surface area (Å²) in [5, 5.41) is 8.44. The van der Waals surface area contributed by atoms with Gasteiger partial charge in [-0.15, -0.1) is 10.2 Å². The van der Waals surface area contributed by atoms with Crippen molar-refractivity contribution in [3.63, 3.8) is 0 Å². The number of hydrogen-bond donors (Lipinski definition) is 0. The van der Waals surface area contributed by atoms with E-state index in [0.29, 0.717) is 13.1 Å². The predicted molar refractivity (Wildman–Crippen MR) is 93.6 cm³/mol. The van der Waals surface area contributed by atoms with Crippen LogP contribution in [-0.4, -0.2) is 24.5 Å². The number of fused-ring (bicyclic) bond motifs is 1. The molecule has 0 atom stereocenters. The first kappa shape index (κ1) is 15.5. The van der Waals surface area contributed by atoms with E-state index in [9.17, 15) is 0 Å². The Morgan fingerprint density at radius 3 is 2.68 bits per heavy atom.